The molecule has 4 rings (SSSR count). The van der Waals surface area contributed by atoms with E-state index < -0.39 is 11.8 Å². The lowest BCUT2D eigenvalue weighted by Crippen LogP contribution is -2.30. The van der Waals surface area contributed by atoms with Gasteiger partial charge in [-0.3, -0.25) is 14.4 Å². The van der Waals surface area contributed by atoms with Crippen LogP contribution in [0.1, 0.15) is 34.0 Å². The van der Waals surface area contributed by atoms with E-state index in [-0.39, 0.29) is 16.9 Å². The van der Waals surface area contributed by atoms with Crippen molar-refractivity contribution in [3.63, 3.8) is 0 Å². The lowest BCUT2D eigenvalue weighted by Gasteiger charge is -2.15. The molecular formula is C35H35N3O5S. The van der Waals surface area contributed by atoms with Gasteiger partial charge in [-0.05, 0) is 86.5 Å². The Hall–Kier alpha value is -5.02. The third kappa shape index (κ3) is 8.29. The Morgan fingerprint density at radius 2 is 1.55 bits per heavy atom. The average Bonchev–Trinajstić information content (AvgIpc) is 3.03. The van der Waals surface area contributed by atoms with Crippen molar-refractivity contribution in [3.05, 3.63) is 119 Å². The van der Waals surface area contributed by atoms with E-state index in [1.807, 2.05) is 57.2 Å². The van der Waals surface area contributed by atoms with Gasteiger partial charge in [-0.2, -0.15) is 0 Å². The summed E-state index contributed by atoms with van der Waals surface area (Å²) >= 11 is 1.41. The summed E-state index contributed by atoms with van der Waals surface area (Å²) in [5.74, 6) is -0.153. The fraction of sp³-hybridized carbons (Fsp3) is 0.171. The number of benzene rings is 4. The van der Waals surface area contributed by atoms with Crippen molar-refractivity contribution in [1.82, 2.24) is 5.32 Å². The van der Waals surface area contributed by atoms with Gasteiger partial charge >= 0.3 is 0 Å². The number of nitrogens with one attached hydrogen (secondary N) is 3. The van der Waals surface area contributed by atoms with Crippen molar-refractivity contribution in [2.24, 2.45) is 0 Å². The lowest BCUT2D eigenvalue weighted by atomic mass is 10.1. The third-order valence-electron chi connectivity index (χ3n) is 6.71. The van der Waals surface area contributed by atoms with Crippen LogP contribution >= 0.6 is 11.8 Å². The molecule has 226 valence electrons. The molecule has 3 amide bonds. The minimum Gasteiger partial charge on any atom is -0.493 e. The van der Waals surface area contributed by atoms with Crippen LogP contribution in [0.5, 0.6) is 11.5 Å². The Morgan fingerprint density at radius 1 is 0.818 bits per heavy atom. The van der Waals surface area contributed by atoms with Gasteiger partial charge in [0.2, 0.25) is 5.91 Å². The molecule has 0 aromatic heterocycles. The highest BCUT2D eigenvalue weighted by molar-refractivity contribution is 8.00. The van der Waals surface area contributed by atoms with E-state index in [2.05, 4.69) is 16.0 Å². The molecule has 0 fully saturated rings. The molecule has 0 saturated heterocycles. The fourth-order valence-electron chi connectivity index (χ4n) is 4.30. The molecular weight excluding hydrogens is 574 g/mol. The molecule has 3 N–H and O–H groups in total. The normalized spacial score (nSPS) is 11.7. The molecule has 0 aliphatic heterocycles. The van der Waals surface area contributed by atoms with E-state index in [9.17, 15) is 14.4 Å². The van der Waals surface area contributed by atoms with E-state index in [1.54, 1.807) is 54.6 Å². The molecule has 4 aromatic carbocycles. The van der Waals surface area contributed by atoms with Crippen LogP contribution in [0.4, 0.5) is 11.4 Å². The summed E-state index contributed by atoms with van der Waals surface area (Å²) in [7, 11) is 3.03. The first kappa shape index (κ1) is 31.9. The van der Waals surface area contributed by atoms with Gasteiger partial charge < -0.3 is 25.4 Å². The largest absolute Gasteiger partial charge is 0.493 e. The van der Waals surface area contributed by atoms with Gasteiger partial charge in [0.1, 0.15) is 5.70 Å². The van der Waals surface area contributed by atoms with Gasteiger partial charge in [-0.15, -0.1) is 11.8 Å². The SMILES string of the molecule is COc1cccc(/C=C(\NC(=O)c2ccccc2)C(=O)Nc2ccc(SC(C)C(=O)Nc3cc(C)ccc3C)cc2)c1OC. The van der Waals surface area contributed by atoms with Crippen molar-refractivity contribution < 1.29 is 23.9 Å². The first-order chi connectivity index (χ1) is 21.2. The number of thioether (sulfide) groups is 1. The number of methoxy groups -OCH3 is 2. The first-order valence-corrected chi connectivity index (χ1v) is 14.8. The minimum absolute atomic E-state index is 0.0144. The summed E-state index contributed by atoms with van der Waals surface area (Å²) in [5.41, 5.74) is 4.36. The van der Waals surface area contributed by atoms with Gasteiger partial charge in [0.25, 0.3) is 11.8 Å². The van der Waals surface area contributed by atoms with Crippen LogP contribution < -0.4 is 25.4 Å². The molecule has 8 nitrogen and oxygen atoms in total. The van der Waals surface area contributed by atoms with Gasteiger partial charge in [0.15, 0.2) is 11.5 Å². The van der Waals surface area contributed by atoms with E-state index in [4.69, 9.17) is 9.47 Å². The van der Waals surface area contributed by atoms with E-state index in [1.165, 1.54) is 32.1 Å². The third-order valence-corrected chi connectivity index (χ3v) is 7.82. The molecule has 1 unspecified atom stereocenters. The molecule has 1 atom stereocenters. The second-order valence-electron chi connectivity index (χ2n) is 10.0. The maximum absolute atomic E-state index is 13.5. The van der Waals surface area contributed by atoms with Crippen LogP contribution in [0.3, 0.4) is 0 Å². The van der Waals surface area contributed by atoms with Crippen molar-refractivity contribution in [2.75, 3.05) is 24.9 Å². The maximum atomic E-state index is 13.5. The van der Waals surface area contributed by atoms with Crippen LogP contribution in [0.2, 0.25) is 0 Å². The van der Waals surface area contributed by atoms with Crippen molar-refractivity contribution >= 4 is 46.9 Å². The quantitative estimate of drug-likeness (QED) is 0.127. The van der Waals surface area contributed by atoms with E-state index in [0.29, 0.717) is 28.3 Å². The van der Waals surface area contributed by atoms with Gasteiger partial charge in [-0.25, -0.2) is 0 Å². The van der Waals surface area contributed by atoms with E-state index >= 15 is 0 Å². The van der Waals surface area contributed by atoms with Crippen molar-refractivity contribution in [3.8, 4) is 11.5 Å². The van der Waals surface area contributed by atoms with Gasteiger partial charge in [0.05, 0.1) is 19.5 Å². The molecule has 9 heteroatoms. The predicted octanol–water partition coefficient (Wildman–Crippen LogP) is 6.85. The molecule has 0 saturated carbocycles. The molecule has 0 bridgehead atoms. The predicted molar refractivity (Wildman–Crippen MR) is 176 cm³/mol. The summed E-state index contributed by atoms with van der Waals surface area (Å²) in [6, 6.07) is 27.0. The lowest BCUT2D eigenvalue weighted by molar-refractivity contribution is -0.115. The summed E-state index contributed by atoms with van der Waals surface area (Å²) in [4.78, 5) is 40.2. The number of rotatable bonds is 11. The highest BCUT2D eigenvalue weighted by Gasteiger charge is 2.19. The van der Waals surface area contributed by atoms with Crippen LogP contribution in [0.15, 0.2) is 102 Å². The summed E-state index contributed by atoms with van der Waals surface area (Å²) < 4.78 is 10.9. The molecule has 4 aromatic rings. The number of hydrogen-bond donors (Lipinski definition) is 3. The molecule has 0 spiro atoms. The highest BCUT2D eigenvalue weighted by Crippen LogP contribution is 2.32. The number of hydrogen-bond acceptors (Lipinski definition) is 6. The Labute approximate surface area is 261 Å². The zero-order valence-corrected chi connectivity index (χ0v) is 26.1. The number of anilines is 2. The fourth-order valence-corrected chi connectivity index (χ4v) is 5.17. The van der Waals surface area contributed by atoms with E-state index in [0.717, 1.165) is 21.7 Å². The number of aryl methyl sites for hydroxylation is 2. The Kier molecular flexibility index (Phi) is 10.8. The van der Waals surface area contributed by atoms with Crippen LogP contribution in [0, 0.1) is 13.8 Å². The van der Waals surface area contributed by atoms with Gasteiger partial charge in [-0.1, -0.05) is 42.5 Å². The van der Waals surface area contributed by atoms with Crippen LogP contribution in [-0.2, 0) is 9.59 Å². The number of para-hydroxylation sites is 1. The summed E-state index contributed by atoms with van der Waals surface area (Å²) in [6.45, 7) is 5.79. The number of carbonyl (C=O) groups is 3. The number of amides is 3. The number of ether oxygens (including phenoxy) is 2. The molecule has 0 radical (unpaired) electrons. The highest BCUT2D eigenvalue weighted by atomic mass is 32.2. The van der Waals surface area contributed by atoms with Gasteiger partial charge in [0, 0.05) is 27.4 Å². The zero-order chi connectivity index (χ0) is 31.6. The summed E-state index contributed by atoms with van der Waals surface area (Å²) in [5, 5.41) is 8.24. The summed E-state index contributed by atoms with van der Waals surface area (Å²) in [6.07, 6.45) is 1.54. The molecule has 0 aliphatic carbocycles. The second kappa shape index (κ2) is 14.9. The molecule has 0 aliphatic rings. The molecule has 44 heavy (non-hydrogen) atoms. The van der Waals surface area contributed by atoms with Crippen molar-refractivity contribution in [1.29, 1.82) is 0 Å². The molecule has 0 heterocycles. The monoisotopic (exact) mass is 609 g/mol. The first-order valence-electron chi connectivity index (χ1n) is 13.9. The topological polar surface area (TPSA) is 106 Å². The zero-order valence-electron chi connectivity index (χ0n) is 25.3. The Balaban J connectivity index is 1.49. The minimum atomic E-state index is -0.527. The van der Waals surface area contributed by atoms with Crippen LogP contribution in [0.25, 0.3) is 6.08 Å². The van der Waals surface area contributed by atoms with Crippen molar-refractivity contribution in [2.45, 2.75) is 30.9 Å². The Morgan fingerprint density at radius 3 is 2.23 bits per heavy atom. The maximum Gasteiger partial charge on any atom is 0.272 e. The Bertz CT molecular complexity index is 1670. The van der Waals surface area contributed by atoms with Crippen LogP contribution in [-0.4, -0.2) is 37.2 Å². The standard InChI is InChI=1S/C35H35N3O5S/c1-22-14-15-23(2)29(20-22)37-33(39)24(3)44-28-18-16-27(17-19-28)36-35(41)30(38-34(40)25-10-7-6-8-11-25)21-26-12-9-13-31(42-4)32(26)43-5/h6-21,24H,1-5H3,(H,36,41)(H,37,39)(H,38,40)/b30-21-. The number of carbonyl (C=O) groups excluding carboxylic acids is 3. The smallest absolute Gasteiger partial charge is 0.272 e. The second-order valence-corrected chi connectivity index (χ2v) is 11.4. The average molecular weight is 610 g/mol.